The van der Waals surface area contributed by atoms with Gasteiger partial charge in [-0.05, 0) is 56.6 Å². The lowest BCUT2D eigenvalue weighted by atomic mass is 10.0. The van der Waals surface area contributed by atoms with Crippen molar-refractivity contribution in [2.24, 2.45) is 0 Å². The van der Waals surface area contributed by atoms with Crippen molar-refractivity contribution in [2.45, 2.75) is 46.3 Å². The summed E-state index contributed by atoms with van der Waals surface area (Å²) >= 11 is 4.24. The fourth-order valence-corrected chi connectivity index (χ4v) is 2.00. The minimum absolute atomic E-state index is 0.385. The van der Waals surface area contributed by atoms with Gasteiger partial charge in [0.25, 0.3) is 0 Å². The standard InChI is InChI=1S/C15H23NO2S/c1-11-9-12(5-6-13(11)7-8-19)10-16-14(17)18-15(2,3)4/h5-6,9,19H,7-8,10H2,1-4H3,(H,16,17). The molecule has 1 rings (SSSR count). The minimum Gasteiger partial charge on any atom is -0.444 e. The topological polar surface area (TPSA) is 38.3 Å². The second-order valence-electron chi connectivity index (χ2n) is 5.59. The molecule has 1 aromatic rings. The first-order valence-electron chi connectivity index (χ1n) is 6.48. The number of alkyl carbamates (subject to hydrolysis) is 1. The molecule has 0 bridgehead atoms. The molecule has 1 amide bonds. The van der Waals surface area contributed by atoms with E-state index in [4.69, 9.17) is 4.74 Å². The molecule has 0 radical (unpaired) electrons. The first-order valence-corrected chi connectivity index (χ1v) is 7.11. The van der Waals surface area contributed by atoms with Crippen LogP contribution in [0, 0.1) is 6.92 Å². The van der Waals surface area contributed by atoms with Gasteiger partial charge in [-0.3, -0.25) is 0 Å². The molecule has 0 heterocycles. The molecule has 0 aromatic heterocycles. The van der Waals surface area contributed by atoms with Crippen molar-refractivity contribution in [1.29, 1.82) is 0 Å². The van der Waals surface area contributed by atoms with E-state index in [-0.39, 0.29) is 6.09 Å². The number of rotatable bonds is 4. The van der Waals surface area contributed by atoms with Gasteiger partial charge in [-0.15, -0.1) is 0 Å². The fourth-order valence-electron chi connectivity index (χ4n) is 1.76. The highest BCUT2D eigenvalue weighted by atomic mass is 32.1. The highest BCUT2D eigenvalue weighted by Gasteiger charge is 2.15. The van der Waals surface area contributed by atoms with E-state index in [1.165, 1.54) is 11.1 Å². The van der Waals surface area contributed by atoms with Crippen LogP contribution in [0.2, 0.25) is 0 Å². The third-order valence-electron chi connectivity index (χ3n) is 2.62. The summed E-state index contributed by atoms with van der Waals surface area (Å²) < 4.78 is 5.19. The molecule has 0 aliphatic rings. The van der Waals surface area contributed by atoms with Crippen LogP contribution in [0.4, 0.5) is 4.79 Å². The van der Waals surface area contributed by atoms with Crippen molar-refractivity contribution in [3.05, 3.63) is 34.9 Å². The Balaban J connectivity index is 2.54. The zero-order valence-electron chi connectivity index (χ0n) is 12.1. The van der Waals surface area contributed by atoms with Crippen LogP contribution in [0.5, 0.6) is 0 Å². The molecule has 0 aliphatic heterocycles. The van der Waals surface area contributed by atoms with Crippen LogP contribution >= 0.6 is 12.6 Å². The van der Waals surface area contributed by atoms with Crippen LogP contribution in [0.1, 0.15) is 37.5 Å². The van der Waals surface area contributed by atoms with Gasteiger partial charge in [0.1, 0.15) is 5.60 Å². The lowest BCUT2D eigenvalue weighted by molar-refractivity contribution is 0.0523. The zero-order chi connectivity index (χ0) is 14.5. The fraction of sp³-hybridized carbons (Fsp3) is 0.533. The second kappa shape index (κ2) is 6.85. The smallest absolute Gasteiger partial charge is 0.407 e. The maximum Gasteiger partial charge on any atom is 0.407 e. The Hall–Kier alpha value is -1.16. The molecule has 0 unspecified atom stereocenters. The molecule has 0 aliphatic carbocycles. The van der Waals surface area contributed by atoms with Gasteiger partial charge in [-0.25, -0.2) is 4.79 Å². The highest BCUT2D eigenvalue weighted by Crippen LogP contribution is 2.13. The van der Waals surface area contributed by atoms with Gasteiger partial charge >= 0.3 is 6.09 Å². The Kier molecular flexibility index (Phi) is 5.73. The van der Waals surface area contributed by atoms with E-state index in [0.717, 1.165) is 17.7 Å². The van der Waals surface area contributed by atoms with Gasteiger partial charge in [0, 0.05) is 6.54 Å². The largest absolute Gasteiger partial charge is 0.444 e. The molecule has 3 nitrogen and oxygen atoms in total. The van der Waals surface area contributed by atoms with Crippen molar-refractivity contribution in [2.75, 3.05) is 5.75 Å². The van der Waals surface area contributed by atoms with Crippen LogP contribution in [-0.2, 0) is 17.7 Å². The van der Waals surface area contributed by atoms with Gasteiger partial charge in [0.05, 0.1) is 0 Å². The summed E-state index contributed by atoms with van der Waals surface area (Å²) in [6.45, 7) is 8.11. The van der Waals surface area contributed by atoms with Crippen molar-refractivity contribution < 1.29 is 9.53 Å². The second-order valence-corrected chi connectivity index (χ2v) is 6.04. The molecule has 19 heavy (non-hydrogen) atoms. The van der Waals surface area contributed by atoms with Crippen molar-refractivity contribution >= 4 is 18.7 Å². The first-order chi connectivity index (χ1) is 8.81. The number of carbonyl (C=O) groups is 1. The number of nitrogens with one attached hydrogen (secondary N) is 1. The van der Waals surface area contributed by atoms with E-state index >= 15 is 0 Å². The van der Waals surface area contributed by atoms with E-state index in [1.54, 1.807) is 0 Å². The average molecular weight is 281 g/mol. The molecule has 0 saturated heterocycles. The van der Waals surface area contributed by atoms with Crippen LogP contribution < -0.4 is 5.32 Å². The molecule has 106 valence electrons. The molecule has 0 saturated carbocycles. The van der Waals surface area contributed by atoms with Gasteiger partial charge in [0.2, 0.25) is 0 Å². The van der Waals surface area contributed by atoms with E-state index in [2.05, 4.69) is 37.0 Å². The maximum absolute atomic E-state index is 11.5. The normalized spacial score (nSPS) is 11.2. The number of hydrogen-bond acceptors (Lipinski definition) is 3. The van der Waals surface area contributed by atoms with Crippen LogP contribution in [0.15, 0.2) is 18.2 Å². The summed E-state index contributed by atoms with van der Waals surface area (Å²) in [7, 11) is 0. The zero-order valence-corrected chi connectivity index (χ0v) is 13.0. The minimum atomic E-state index is -0.462. The SMILES string of the molecule is Cc1cc(CNC(=O)OC(C)(C)C)ccc1CCS. The molecule has 0 atom stereocenters. The predicted octanol–water partition coefficient (Wildman–Crippen LogP) is 3.49. The first kappa shape index (κ1) is 15.9. The summed E-state index contributed by atoms with van der Waals surface area (Å²) in [6.07, 6.45) is 0.582. The third-order valence-corrected chi connectivity index (χ3v) is 2.85. The van der Waals surface area contributed by atoms with Gasteiger partial charge < -0.3 is 10.1 Å². The van der Waals surface area contributed by atoms with Gasteiger partial charge in [-0.1, -0.05) is 18.2 Å². The van der Waals surface area contributed by atoms with Gasteiger partial charge in [-0.2, -0.15) is 12.6 Å². The molecule has 0 spiro atoms. The Morgan fingerprint density at radius 3 is 2.58 bits per heavy atom. The molecular weight excluding hydrogens is 258 g/mol. The monoisotopic (exact) mass is 281 g/mol. The number of thiol groups is 1. The number of aryl methyl sites for hydroxylation is 2. The van der Waals surface area contributed by atoms with Crippen molar-refractivity contribution in [1.82, 2.24) is 5.32 Å². The summed E-state index contributed by atoms with van der Waals surface area (Å²) in [5.41, 5.74) is 3.15. The lowest BCUT2D eigenvalue weighted by Gasteiger charge is -2.19. The number of carbonyl (C=O) groups excluding carboxylic acids is 1. The number of hydrogen-bond donors (Lipinski definition) is 2. The molecule has 1 aromatic carbocycles. The van der Waals surface area contributed by atoms with E-state index in [1.807, 2.05) is 26.8 Å². The molecule has 4 heteroatoms. The van der Waals surface area contributed by atoms with Crippen LogP contribution in [-0.4, -0.2) is 17.4 Å². The lowest BCUT2D eigenvalue weighted by Crippen LogP contribution is -2.32. The summed E-state index contributed by atoms with van der Waals surface area (Å²) in [5, 5.41) is 2.76. The Labute approximate surface area is 121 Å². The summed E-state index contributed by atoms with van der Waals surface area (Å²) in [6, 6.07) is 6.22. The Bertz CT molecular complexity index is 438. The van der Waals surface area contributed by atoms with E-state index in [0.29, 0.717) is 6.54 Å². The maximum atomic E-state index is 11.5. The Morgan fingerprint density at radius 2 is 2.05 bits per heavy atom. The van der Waals surface area contributed by atoms with E-state index in [9.17, 15) is 4.79 Å². The summed E-state index contributed by atoms with van der Waals surface area (Å²) in [5.74, 6) is 0.844. The number of amides is 1. The molecular formula is C15H23NO2S. The highest BCUT2D eigenvalue weighted by molar-refractivity contribution is 7.80. The summed E-state index contributed by atoms with van der Waals surface area (Å²) in [4.78, 5) is 11.5. The van der Waals surface area contributed by atoms with Gasteiger partial charge in [0.15, 0.2) is 0 Å². The van der Waals surface area contributed by atoms with E-state index < -0.39 is 5.60 Å². The quantitative estimate of drug-likeness (QED) is 0.829. The van der Waals surface area contributed by atoms with Crippen molar-refractivity contribution in [3.8, 4) is 0 Å². The Morgan fingerprint density at radius 1 is 1.37 bits per heavy atom. The van der Waals surface area contributed by atoms with Crippen LogP contribution in [0.25, 0.3) is 0 Å². The third kappa shape index (κ3) is 6.01. The molecule has 0 fully saturated rings. The average Bonchev–Trinajstić information content (AvgIpc) is 2.27. The van der Waals surface area contributed by atoms with Crippen molar-refractivity contribution in [3.63, 3.8) is 0 Å². The molecule has 1 N–H and O–H groups in total. The number of ether oxygens (including phenoxy) is 1. The number of benzene rings is 1. The van der Waals surface area contributed by atoms with Crippen LogP contribution in [0.3, 0.4) is 0 Å². The predicted molar refractivity (Wildman–Crippen MR) is 81.8 cm³/mol.